The molecule has 7 heteroatoms. The van der Waals surface area contributed by atoms with Crippen LogP contribution >= 0.6 is 11.8 Å². The van der Waals surface area contributed by atoms with Gasteiger partial charge < -0.3 is 9.84 Å². The number of carboxylic acids is 1. The first-order valence-corrected chi connectivity index (χ1v) is 9.61. The molecule has 0 radical (unpaired) electrons. The number of thioether (sulfide) groups is 1. The quantitative estimate of drug-likeness (QED) is 0.700. The Bertz CT molecular complexity index is 936. The molecule has 1 aliphatic rings. The summed E-state index contributed by atoms with van der Waals surface area (Å²) in [6.45, 7) is 2.07. The fourth-order valence-electron chi connectivity index (χ4n) is 2.77. The number of para-hydroxylation sites is 1. The molecule has 1 N–H and O–H groups in total. The number of carbonyl (C=O) groups excluding carboxylic acids is 2. The molecule has 144 valence electrons. The van der Waals surface area contributed by atoms with E-state index >= 15 is 0 Å². The highest BCUT2D eigenvalue weighted by molar-refractivity contribution is 8.19. The van der Waals surface area contributed by atoms with Gasteiger partial charge >= 0.3 is 5.97 Å². The number of amides is 2. The van der Waals surface area contributed by atoms with Crippen molar-refractivity contribution in [1.29, 1.82) is 0 Å². The zero-order chi connectivity index (χ0) is 20.1. The van der Waals surface area contributed by atoms with Crippen LogP contribution in [0.4, 0.5) is 10.5 Å². The molecule has 1 aliphatic heterocycles. The third-order valence-electron chi connectivity index (χ3n) is 4.17. The molecule has 6 nitrogen and oxygen atoms in total. The van der Waals surface area contributed by atoms with E-state index in [1.54, 1.807) is 36.4 Å². The Morgan fingerprint density at radius 3 is 2.54 bits per heavy atom. The monoisotopic (exact) mass is 397 g/mol. The lowest BCUT2D eigenvalue weighted by atomic mass is 10.1. The van der Waals surface area contributed by atoms with Gasteiger partial charge in [-0.25, -0.2) is 4.90 Å². The molecule has 3 rings (SSSR count). The molecule has 1 heterocycles. The standard InChI is InChI=1S/C21H19NO5S/c1-2-15-5-3-4-6-17(15)22-20(25)18(28-21(22)26)13-14-7-9-16(10-8-14)27-12-11-19(23)24/h3-10,13H,2,11-12H2,1H3,(H,23,24)/b18-13+. The minimum atomic E-state index is -0.919. The van der Waals surface area contributed by atoms with Crippen molar-refractivity contribution in [1.82, 2.24) is 0 Å². The smallest absolute Gasteiger partial charge is 0.306 e. The predicted octanol–water partition coefficient (Wildman–Crippen LogP) is 4.34. The van der Waals surface area contributed by atoms with E-state index < -0.39 is 5.97 Å². The van der Waals surface area contributed by atoms with E-state index in [1.807, 2.05) is 25.1 Å². The molecule has 0 aliphatic carbocycles. The van der Waals surface area contributed by atoms with Gasteiger partial charge in [0.1, 0.15) is 5.75 Å². The summed E-state index contributed by atoms with van der Waals surface area (Å²) in [4.78, 5) is 37.3. The number of imide groups is 1. The maximum atomic E-state index is 12.8. The first kappa shape index (κ1) is 19.7. The van der Waals surface area contributed by atoms with Crippen LogP contribution in [0.1, 0.15) is 24.5 Å². The third-order valence-corrected chi connectivity index (χ3v) is 5.04. The van der Waals surface area contributed by atoms with Gasteiger partial charge in [0.05, 0.1) is 23.6 Å². The van der Waals surface area contributed by atoms with E-state index in [4.69, 9.17) is 9.84 Å². The SMILES string of the molecule is CCc1ccccc1N1C(=O)S/C(=C/c2ccc(OCCC(=O)O)cc2)C1=O. The summed E-state index contributed by atoms with van der Waals surface area (Å²) >= 11 is 0.914. The van der Waals surface area contributed by atoms with Gasteiger partial charge in [-0.05, 0) is 53.6 Å². The minimum Gasteiger partial charge on any atom is -0.493 e. The van der Waals surface area contributed by atoms with Gasteiger partial charge in [0.25, 0.3) is 11.1 Å². The van der Waals surface area contributed by atoms with Gasteiger partial charge in [-0.15, -0.1) is 0 Å². The molecule has 2 aromatic carbocycles. The van der Waals surface area contributed by atoms with Crippen LogP contribution in [0.3, 0.4) is 0 Å². The van der Waals surface area contributed by atoms with Gasteiger partial charge in [-0.2, -0.15) is 0 Å². The Labute approximate surface area is 166 Å². The van der Waals surface area contributed by atoms with Gasteiger partial charge in [0.15, 0.2) is 0 Å². The molecule has 0 bridgehead atoms. The second-order valence-corrected chi connectivity index (χ2v) is 7.05. The van der Waals surface area contributed by atoms with Crippen molar-refractivity contribution in [3.63, 3.8) is 0 Å². The summed E-state index contributed by atoms with van der Waals surface area (Å²) in [5.74, 6) is -0.710. The maximum Gasteiger partial charge on any atom is 0.306 e. The molecule has 0 spiro atoms. The van der Waals surface area contributed by atoms with E-state index in [1.165, 1.54) is 4.90 Å². The topological polar surface area (TPSA) is 83.9 Å². The highest BCUT2D eigenvalue weighted by atomic mass is 32.2. The molecule has 2 aromatic rings. The van der Waals surface area contributed by atoms with Crippen LogP contribution in [0.2, 0.25) is 0 Å². The van der Waals surface area contributed by atoms with Crippen molar-refractivity contribution in [2.24, 2.45) is 0 Å². The lowest BCUT2D eigenvalue weighted by Gasteiger charge is -2.16. The maximum absolute atomic E-state index is 12.8. The normalized spacial score (nSPS) is 15.3. The van der Waals surface area contributed by atoms with Crippen molar-refractivity contribution in [2.75, 3.05) is 11.5 Å². The average Bonchev–Trinajstić information content (AvgIpc) is 2.96. The zero-order valence-electron chi connectivity index (χ0n) is 15.3. The van der Waals surface area contributed by atoms with Crippen molar-refractivity contribution in [3.05, 3.63) is 64.6 Å². The number of carboxylic acid groups (broad SMARTS) is 1. The summed E-state index contributed by atoms with van der Waals surface area (Å²) in [7, 11) is 0. The number of ether oxygens (including phenoxy) is 1. The molecule has 0 atom stereocenters. The number of carbonyl (C=O) groups is 3. The van der Waals surface area contributed by atoms with Crippen LogP contribution in [0, 0.1) is 0 Å². The molecular formula is C21H19NO5S. The summed E-state index contributed by atoms with van der Waals surface area (Å²) in [6.07, 6.45) is 2.31. The Morgan fingerprint density at radius 2 is 1.86 bits per heavy atom. The van der Waals surface area contributed by atoms with E-state index in [-0.39, 0.29) is 24.2 Å². The van der Waals surface area contributed by atoms with Crippen LogP contribution in [-0.2, 0) is 16.0 Å². The summed E-state index contributed by atoms with van der Waals surface area (Å²) in [6, 6.07) is 14.3. The van der Waals surface area contributed by atoms with E-state index in [2.05, 4.69) is 0 Å². The van der Waals surface area contributed by atoms with E-state index in [9.17, 15) is 14.4 Å². The lowest BCUT2D eigenvalue weighted by molar-refractivity contribution is -0.137. The number of aliphatic carboxylic acids is 1. The molecular weight excluding hydrogens is 378 g/mol. The number of anilines is 1. The number of hydrogen-bond acceptors (Lipinski definition) is 5. The Balaban J connectivity index is 1.75. The van der Waals surface area contributed by atoms with Crippen molar-refractivity contribution >= 4 is 40.6 Å². The third kappa shape index (κ3) is 4.43. The van der Waals surface area contributed by atoms with Gasteiger partial charge in [0, 0.05) is 0 Å². The zero-order valence-corrected chi connectivity index (χ0v) is 16.1. The van der Waals surface area contributed by atoms with Crippen LogP contribution in [0.15, 0.2) is 53.4 Å². The predicted molar refractivity (Wildman–Crippen MR) is 108 cm³/mol. The van der Waals surface area contributed by atoms with Crippen LogP contribution in [0.25, 0.3) is 6.08 Å². The fourth-order valence-corrected chi connectivity index (χ4v) is 3.61. The Morgan fingerprint density at radius 1 is 1.14 bits per heavy atom. The first-order chi connectivity index (χ1) is 13.5. The summed E-state index contributed by atoms with van der Waals surface area (Å²) in [5.41, 5.74) is 2.31. The Hall–Kier alpha value is -3.06. The average molecular weight is 397 g/mol. The number of benzene rings is 2. The number of hydrogen-bond donors (Lipinski definition) is 1. The minimum absolute atomic E-state index is 0.0753. The summed E-state index contributed by atoms with van der Waals surface area (Å²) in [5, 5.41) is 8.31. The number of nitrogens with zero attached hydrogens (tertiary/aromatic N) is 1. The van der Waals surface area contributed by atoms with Gasteiger partial charge in [0.2, 0.25) is 0 Å². The molecule has 0 saturated carbocycles. The van der Waals surface area contributed by atoms with Crippen LogP contribution < -0.4 is 9.64 Å². The fraction of sp³-hybridized carbons (Fsp3) is 0.190. The van der Waals surface area contributed by atoms with Crippen molar-refractivity contribution in [2.45, 2.75) is 19.8 Å². The molecule has 28 heavy (non-hydrogen) atoms. The second-order valence-electron chi connectivity index (χ2n) is 6.06. The molecule has 2 amide bonds. The molecule has 1 saturated heterocycles. The molecule has 0 aromatic heterocycles. The number of aryl methyl sites for hydroxylation is 1. The molecule has 1 fully saturated rings. The largest absolute Gasteiger partial charge is 0.493 e. The van der Waals surface area contributed by atoms with E-state index in [0.717, 1.165) is 29.3 Å². The van der Waals surface area contributed by atoms with Crippen molar-refractivity contribution < 1.29 is 24.2 Å². The van der Waals surface area contributed by atoms with Gasteiger partial charge in [-0.3, -0.25) is 14.4 Å². The van der Waals surface area contributed by atoms with Crippen molar-refractivity contribution in [3.8, 4) is 5.75 Å². The van der Waals surface area contributed by atoms with E-state index in [0.29, 0.717) is 16.3 Å². The highest BCUT2D eigenvalue weighted by Crippen LogP contribution is 2.37. The summed E-state index contributed by atoms with van der Waals surface area (Å²) < 4.78 is 5.34. The second kappa shape index (κ2) is 8.75. The first-order valence-electron chi connectivity index (χ1n) is 8.80. The lowest BCUT2D eigenvalue weighted by Crippen LogP contribution is -2.28. The van der Waals surface area contributed by atoms with Crippen LogP contribution in [-0.4, -0.2) is 28.8 Å². The van der Waals surface area contributed by atoms with Crippen LogP contribution in [0.5, 0.6) is 5.75 Å². The Kier molecular flexibility index (Phi) is 6.16. The molecule has 0 unspecified atom stereocenters. The van der Waals surface area contributed by atoms with Gasteiger partial charge in [-0.1, -0.05) is 37.3 Å². The number of rotatable bonds is 7. The highest BCUT2D eigenvalue weighted by Gasteiger charge is 2.37.